The molecule has 1 aromatic carbocycles. The summed E-state index contributed by atoms with van der Waals surface area (Å²) >= 11 is 1.43. The van der Waals surface area contributed by atoms with Crippen molar-refractivity contribution < 1.29 is 47.6 Å². The van der Waals surface area contributed by atoms with Gasteiger partial charge in [-0.2, -0.15) is 0 Å². The van der Waals surface area contributed by atoms with E-state index in [1.165, 1.54) is 37.5 Å². The van der Waals surface area contributed by atoms with Crippen LogP contribution < -0.4 is 5.32 Å². The highest BCUT2D eigenvalue weighted by atomic mass is 32.1. The van der Waals surface area contributed by atoms with Crippen molar-refractivity contribution in [3.63, 3.8) is 0 Å². The topological polar surface area (TPSA) is 131 Å². The number of ether oxygens (including phenoxy) is 3. The van der Waals surface area contributed by atoms with Crippen LogP contribution in [0, 0.1) is 22.7 Å². The number of ketones is 2. The molecule has 2 aromatic rings. The zero-order valence-corrected chi connectivity index (χ0v) is 27.0. The van der Waals surface area contributed by atoms with E-state index in [-0.39, 0.29) is 24.8 Å². The Morgan fingerprint density at radius 2 is 1.96 bits per heavy atom. The Bertz CT molecular complexity index is 1710. The maximum absolute atomic E-state index is 17.6. The van der Waals surface area contributed by atoms with E-state index in [0.29, 0.717) is 17.0 Å². The lowest BCUT2D eigenvalue weighted by atomic mass is 9.44. The Morgan fingerprint density at radius 1 is 1.17 bits per heavy atom. The molecule has 0 unspecified atom stereocenters. The summed E-state index contributed by atoms with van der Waals surface area (Å²) in [5.41, 5.74) is -5.19. The van der Waals surface area contributed by atoms with Crippen LogP contribution in [0.4, 0.5) is 19.3 Å². The SMILES string of the molecule is COC(=O)Nc1cccc(Cc2ccc([C@@H]3O[C@@H]4C[C@H]5[C@@H]6C[C@H](F)C7=CC(=O)C=C[C@]7(C)[C@@]6(F)[C@@H](O)C[C@]5(C)[C@]4(C(=O)CO)O3)s2)c1. The third kappa shape index (κ3) is 4.48. The van der Waals surface area contributed by atoms with Gasteiger partial charge < -0.3 is 24.4 Å². The Morgan fingerprint density at radius 3 is 2.70 bits per heavy atom. The van der Waals surface area contributed by atoms with Crippen LogP contribution in [0.1, 0.15) is 54.7 Å². The molecule has 1 saturated heterocycles. The number of hydrogen-bond acceptors (Lipinski definition) is 9. The number of nitrogens with one attached hydrogen (secondary N) is 1. The molecule has 9 nitrogen and oxygen atoms in total. The number of rotatable bonds is 6. The van der Waals surface area contributed by atoms with Crippen molar-refractivity contribution in [1.82, 2.24) is 0 Å². The first-order chi connectivity index (χ1) is 22.3. The van der Waals surface area contributed by atoms with Crippen molar-refractivity contribution >= 4 is 34.7 Å². The van der Waals surface area contributed by atoms with Crippen molar-refractivity contribution in [2.75, 3.05) is 19.0 Å². The predicted octanol–water partition coefficient (Wildman–Crippen LogP) is 5.16. The highest BCUT2D eigenvalue weighted by Crippen LogP contribution is 2.72. The molecular formula is C35H37F2NO8S. The lowest BCUT2D eigenvalue weighted by molar-refractivity contribution is -0.234. The zero-order chi connectivity index (χ0) is 33.5. The van der Waals surface area contributed by atoms with E-state index in [2.05, 4.69) is 10.1 Å². The van der Waals surface area contributed by atoms with Gasteiger partial charge in [0.25, 0.3) is 0 Å². The van der Waals surface area contributed by atoms with Crippen molar-refractivity contribution in [2.45, 2.75) is 75.5 Å². The van der Waals surface area contributed by atoms with Gasteiger partial charge in [-0.25, -0.2) is 13.6 Å². The molecule has 1 aliphatic heterocycles. The minimum Gasteiger partial charge on any atom is -0.453 e. The average molecular weight is 670 g/mol. The van der Waals surface area contributed by atoms with Gasteiger partial charge in [-0.3, -0.25) is 14.9 Å². The number of anilines is 1. The minimum atomic E-state index is -2.31. The molecule has 0 spiro atoms. The molecular weight excluding hydrogens is 632 g/mol. The molecule has 3 saturated carbocycles. The number of Topliss-reactive ketones (excluding diaryl/α,β-unsaturated/α-hetero) is 1. The third-order valence-electron chi connectivity index (χ3n) is 11.6. The standard InChI is InChI=1S/C35H37F2NO8S/c1-32-10-9-20(40)13-24(32)25(36)14-23-22-15-29-35(28(42)17-39,33(22,2)16-27(41)34(23,32)37)46-30(45-29)26-8-7-21(47-26)12-18-5-4-6-19(11-18)38-31(43)44-3/h4-11,13,22-23,25,27,29-30,39,41H,12,14-17H2,1-3H3,(H,38,43)/t22-,23-,25-,27-,29+,30+,32-,33-,34-,35+/m0/s1. The van der Waals surface area contributed by atoms with Gasteiger partial charge >= 0.3 is 6.09 Å². The average Bonchev–Trinajstić information content (AvgIpc) is 3.72. The summed E-state index contributed by atoms with van der Waals surface area (Å²) in [6, 6.07) is 11.1. The Kier molecular flexibility index (Phi) is 7.64. The molecule has 0 radical (unpaired) electrons. The molecule has 1 aromatic heterocycles. The number of hydrogen-bond donors (Lipinski definition) is 3. The van der Waals surface area contributed by atoms with Crippen molar-refractivity contribution in [1.29, 1.82) is 0 Å². The fraction of sp³-hybridized carbons (Fsp3) is 0.514. The Balaban J connectivity index is 1.18. The first-order valence-electron chi connectivity index (χ1n) is 15.8. The number of alkyl halides is 2. The molecule has 0 bridgehead atoms. The molecule has 3 N–H and O–H groups in total. The smallest absolute Gasteiger partial charge is 0.411 e. The number of aliphatic hydroxyl groups excluding tert-OH is 2. The fourth-order valence-corrected chi connectivity index (χ4v) is 10.5. The highest BCUT2D eigenvalue weighted by molar-refractivity contribution is 7.12. The molecule has 4 aliphatic carbocycles. The normalized spacial score (nSPS) is 40.1. The van der Waals surface area contributed by atoms with Gasteiger partial charge in [-0.15, -0.1) is 11.3 Å². The van der Waals surface area contributed by atoms with Gasteiger partial charge in [0.2, 0.25) is 0 Å². The molecule has 5 aliphatic rings. The molecule has 4 fully saturated rings. The number of carbonyl (C=O) groups excluding carboxylic acids is 3. The minimum absolute atomic E-state index is 0.0262. The summed E-state index contributed by atoms with van der Waals surface area (Å²) in [5, 5.41) is 24.5. The molecule has 1 amide bonds. The van der Waals surface area contributed by atoms with Gasteiger partial charge in [0.1, 0.15) is 12.8 Å². The third-order valence-corrected chi connectivity index (χ3v) is 12.7. The van der Waals surface area contributed by atoms with Crippen LogP contribution >= 0.6 is 11.3 Å². The first-order valence-corrected chi connectivity index (χ1v) is 16.6. The molecule has 10 atom stereocenters. The maximum atomic E-state index is 17.6. The number of aliphatic hydroxyl groups is 2. The number of methoxy groups -OCH3 is 1. The molecule has 2 heterocycles. The molecule has 47 heavy (non-hydrogen) atoms. The summed E-state index contributed by atoms with van der Waals surface area (Å²) in [4.78, 5) is 39.2. The van der Waals surface area contributed by atoms with E-state index in [9.17, 15) is 24.6 Å². The van der Waals surface area contributed by atoms with Crippen LogP contribution in [0.15, 0.2) is 60.2 Å². The summed E-state index contributed by atoms with van der Waals surface area (Å²) in [7, 11) is 1.29. The van der Waals surface area contributed by atoms with Crippen LogP contribution in [0.25, 0.3) is 0 Å². The second-order valence-corrected chi connectivity index (χ2v) is 15.0. The van der Waals surface area contributed by atoms with Crippen LogP contribution in [0.2, 0.25) is 0 Å². The van der Waals surface area contributed by atoms with Crippen molar-refractivity contribution in [2.24, 2.45) is 22.7 Å². The van der Waals surface area contributed by atoms with Crippen LogP contribution in [-0.2, 0) is 30.2 Å². The number of halogens is 2. The Labute approximate surface area is 274 Å². The monoisotopic (exact) mass is 669 g/mol. The first kappa shape index (κ1) is 32.3. The van der Waals surface area contributed by atoms with Gasteiger partial charge in [-0.05, 0) is 79.7 Å². The quantitative estimate of drug-likeness (QED) is 0.385. The van der Waals surface area contributed by atoms with E-state index in [1.807, 2.05) is 30.3 Å². The summed E-state index contributed by atoms with van der Waals surface area (Å²) in [6.45, 7) is 2.44. The summed E-state index contributed by atoms with van der Waals surface area (Å²) in [5.74, 6) is -2.68. The largest absolute Gasteiger partial charge is 0.453 e. The second-order valence-electron chi connectivity index (χ2n) is 13.8. The van der Waals surface area contributed by atoms with E-state index in [4.69, 9.17) is 9.47 Å². The van der Waals surface area contributed by atoms with Crippen LogP contribution in [0.5, 0.6) is 0 Å². The Hall–Kier alpha value is -3.29. The molecule has 7 rings (SSSR count). The van der Waals surface area contributed by atoms with Gasteiger partial charge in [0.15, 0.2) is 29.1 Å². The van der Waals surface area contributed by atoms with Gasteiger partial charge in [-0.1, -0.05) is 25.1 Å². The maximum Gasteiger partial charge on any atom is 0.411 e. The van der Waals surface area contributed by atoms with Crippen LogP contribution in [-0.4, -0.2) is 71.2 Å². The number of carbonyl (C=O) groups is 3. The number of allylic oxidation sites excluding steroid dienone is 4. The van der Waals surface area contributed by atoms with E-state index in [1.54, 1.807) is 13.0 Å². The summed E-state index contributed by atoms with van der Waals surface area (Å²) in [6.07, 6.45) is -1.60. The zero-order valence-electron chi connectivity index (χ0n) is 26.2. The second kappa shape index (κ2) is 11.1. The fourth-order valence-electron chi connectivity index (χ4n) is 9.44. The van der Waals surface area contributed by atoms with E-state index in [0.717, 1.165) is 16.5 Å². The van der Waals surface area contributed by atoms with Crippen LogP contribution in [0.3, 0.4) is 0 Å². The van der Waals surface area contributed by atoms with E-state index >= 15 is 8.78 Å². The molecule has 12 heteroatoms. The van der Waals surface area contributed by atoms with Gasteiger partial charge in [0.05, 0.1) is 24.2 Å². The van der Waals surface area contributed by atoms with E-state index < -0.39 is 82.9 Å². The lowest BCUT2D eigenvalue weighted by Gasteiger charge is -2.63. The van der Waals surface area contributed by atoms with Gasteiger partial charge in [0, 0.05) is 33.7 Å². The highest BCUT2D eigenvalue weighted by Gasteiger charge is 2.80. The number of fused-ring (bicyclic) bond motifs is 7. The predicted molar refractivity (Wildman–Crippen MR) is 167 cm³/mol. The number of thiophene rings is 1. The summed E-state index contributed by atoms with van der Waals surface area (Å²) < 4.78 is 51.1. The number of benzene rings is 1. The molecule has 250 valence electrons. The van der Waals surface area contributed by atoms with Crippen molar-refractivity contribution in [3.05, 3.63) is 75.5 Å². The van der Waals surface area contributed by atoms with Crippen molar-refractivity contribution in [3.8, 4) is 0 Å². The number of amides is 1. The lowest BCUT2D eigenvalue weighted by Crippen LogP contribution is -2.70.